The SMILES string of the molecule is CCCC1COC(Cn2cncn2)(c2ccc(Cl)cc2Cl)O1.Cl. The van der Waals surface area contributed by atoms with Crippen molar-refractivity contribution in [2.24, 2.45) is 0 Å². The second kappa shape index (κ2) is 7.81. The highest BCUT2D eigenvalue weighted by atomic mass is 35.5. The highest BCUT2D eigenvalue weighted by Crippen LogP contribution is 2.41. The van der Waals surface area contributed by atoms with E-state index in [1.165, 1.54) is 6.33 Å². The third-order valence-electron chi connectivity index (χ3n) is 3.65. The fourth-order valence-corrected chi connectivity index (χ4v) is 3.22. The molecule has 0 N–H and O–H groups in total. The number of hydrogen-bond donors (Lipinski definition) is 0. The Bertz CT molecular complexity index is 639. The molecule has 126 valence electrons. The standard InChI is InChI=1S/C15H17Cl2N3O2.ClH/c1-2-3-12-7-21-15(22-12,8-20-10-18-9-19-20)13-5-4-11(16)6-14(13)17;/h4-6,9-10,12H,2-3,7-8H2,1H3;1H. The van der Waals surface area contributed by atoms with E-state index in [1.807, 2.05) is 6.07 Å². The van der Waals surface area contributed by atoms with E-state index in [0.717, 1.165) is 18.4 Å². The van der Waals surface area contributed by atoms with Gasteiger partial charge in [-0.05, 0) is 18.6 Å². The summed E-state index contributed by atoms with van der Waals surface area (Å²) >= 11 is 12.4. The van der Waals surface area contributed by atoms with Crippen molar-refractivity contribution >= 4 is 35.6 Å². The van der Waals surface area contributed by atoms with Crippen LogP contribution in [0.4, 0.5) is 0 Å². The Balaban J connectivity index is 0.00000192. The second-order valence-electron chi connectivity index (χ2n) is 5.31. The quantitative estimate of drug-likeness (QED) is 0.787. The van der Waals surface area contributed by atoms with E-state index in [-0.39, 0.29) is 18.5 Å². The van der Waals surface area contributed by atoms with Crippen LogP contribution in [-0.2, 0) is 21.8 Å². The molecule has 1 aromatic heterocycles. The summed E-state index contributed by atoms with van der Waals surface area (Å²) in [5.74, 6) is -0.963. The lowest BCUT2D eigenvalue weighted by Gasteiger charge is -2.29. The van der Waals surface area contributed by atoms with E-state index in [1.54, 1.807) is 23.1 Å². The van der Waals surface area contributed by atoms with E-state index in [9.17, 15) is 0 Å². The van der Waals surface area contributed by atoms with Gasteiger partial charge < -0.3 is 9.47 Å². The third-order valence-corrected chi connectivity index (χ3v) is 4.20. The first kappa shape index (κ1) is 18.5. The topological polar surface area (TPSA) is 49.2 Å². The molecule has 2 heterocycles. The van der Waals surface area contributed by atoms with Crippen molar-refractivity contribution < 1.29 is 9.47 Å². The van der Waals surface area contributed by atoms with E-state index >= 15 is 0 Å². The van der Waals surface area contributed by atoms with Crippen molar-refractivity contribution in [2.75, 3.05) is 6.61 Å². The molecule has 0 aliphatic carbocycles. The summed E-state index contributed by atoms with van der Waals surface area (Å²) in [6.45, 7) is 3.03. The van der Waals surface area contributed by atoms with Crippen molar-refractivity contribution in [3.05, 3.63) is 46.5 Å². The molecule has 1 aromatic carbocycles. The van der Waals surface area contributed by atoms with Crippen LogP contribution in [0.5, 0.6) is 0 Å². The van der Waals surface area contributed by atoms with E-state index in [2.05, 4.69) is 17.0 Å². The molecule has 0 amide bonds. The molecule has 0 bridgehead atoms. The van der Waals surface area contributed by atoms with Crippen LogP contribution >= 0.6 is 35.6 Å². The van der Waals surface area contributed by atoms with E-state index < -0.39 is 5.79 Å². The van der Waals surface area contributed by atoms with Gasteiger partial charge in [-0.2, -0.15) is 5.10 Å². The lowest BCUT2D eigenvalue weighted by Crippen LogP contribution is -2.34. The molecule has 8 heteroatoms. The molecule has 5 nitrogen and oxygen atoms in total. The van der Waals surface area contributed by atoms with E-state index in [0.29, 0.717) is 23.2 Å². The number of rotatable bonds is 5. The van der Waals surface area contributed by atoms with Gasteiger partial charge in [0.05, 0.1) is 17.7 Å². The van der Waals surface area contributed by atoms with Gasteiger partial charge in [-0.3, -0.25) is 0 Å². The second-order valence-corrected chi connectivity index (χ2v) is 6.15. The fourth-order valence-electron chi connectivity index (χ4n) is 2.66. The first-order valence-electron chi connectivity index (χ1n) is 7.22. The Morgan fingerprint density at radius 2 is 2.22 bits per heavy atom. The molecule has 1 aliphatic rings. The molecule has 2 unspecified atom stereocenters. The van der Waals surface area contributed by atoms with Crippen LogP contribution < -0.4 is 0 Å². The van der Waals surface area contributed by atoms with Crippen LogP contribution in [0.3, 0.4) is 0 Å². The maximum atomic E-state index is 6.37. The minimum atomic E-state index is -0.963. The van der Waals surface area contributed by atoms with Crippen molar-refractivity contribution in [1.82, 2.24) is 14.8 Å². The summed E-state index contributed by atoms with van der Waals surface area (Å²) in [5.41, 5.74) is 0.757. The first-order chi connectivity index (χ1) is 10.6. The molecule has 23 heavy (non-hydrogen) atoms. The highest BCUT2D eigenvalue weighted by molar-refractivity contribution is 6.35. The molecule has 1 aliphatic heterocycles. The van der Waals surface area contributed by atoms with Gasteiger partial charge in [0, 0.05) is 10.6 Å². The van der Waals surface area contributed by atoms with Crippen molar-refractivity contribution in [3.63, 3.8) is 0 Å². The Kier molecular flexibility index (Phi) is 6.28. The summed E-state index contributed by atoms with van der Waals surface area (Å²) in [6.07, 6.45) is 5.12. The third kappa shape index (κ3) is 3.98. The Morgan fingerprint density at radius 1 is 1.39 bits per heavy atom. The molecule has 0 saturated carbocycles. The number of nitrogens with zero attached hydrogens (tertiary/aromatic N) is 3. The van der Waals surface area contributed by atoms with Crippen LogP contribution in [0.25, 0.3) is 0 Å². The Morgan fingerprint density at radius 3 is 2.87 bits per heavy atom. The zero-order valence-corrected chi connectivity index (χ0v) is 14.9. The lowest BCUT2D eigenvalue weighted by molar-refractivity contribution is -0.189. The average Bonchev–Trinajstić information content (AvgIpc) is 3.10. The lowest BCUT2D eigenvalue weighted by atomic mass is 10.1. The fraction of sp³-hybridized carbons (Fsp3) is 0.467. The Hall–Kier alpha value is -0.850. The maximum absolute atomic E-state index is 6.37. The molecule has 0 spiro atoms. The van der Waals surface area contributed by atoms with Gasteiger partial charge >= 0.3 is 0 Å². The highest BCUT2D eigenvalue weighted by Gasteiger charge is 2.45. The Labute approximate surface area is 151 Å². The van der Waals surface area contributed by atoms with Crippen molar-refractivity contribution in [3.8, 4) is 0 Å². The zero-order valence-electron chi connectivity index (χ0n) is 12.6. The first-order valence-corrected chi connectivity index (χ1v) is 7.98. The molecule has 2 atom stereocenters. The monoisotopic (exact) mass is 377 g/mol. The number of ether oxygens (including phenoxy) is 2. The van der Waals surface area contributed by atoms with Crippen LogP contribution in [0.1, 0.15) is 25.3 Å². The summed E-state index contributed by atoms with van der Waals surface area (Å²) in [5, 5.41) is 5.24. The van der Waals surface area contributed by atoms with Gasteiger partial charge in [0.2, 0.25) is 5.79 Å². The van der Waals surface area contributed by atoms with Gasteiger partial charge in [0.1, 0.15) is 19.2 Å². The summed E-state index contributed by atoms with van der Waals surface area (Å²) < 4.78 is 14.0. The van der Waals surface area contributed by atoms with Crippen LogP contribution in [-0.4, -0.2) is 27.5 Å². The molecular weight excluding hydrogens is 361 g/mol. The normalized spacial score (nSPS) is 23.7. The predicted molar refractivity (Wildman–Crippen MR) is 91.1 cm³/mol. The average molecular weight is 379 g/mol. The van der Waals surface area contributed by atoms with Gasteiger partial charge in [-0.1, -0.05) is 42.6 Å². The summed E-state index contributed by atoms with van der Waals surface area (Å²) in [4.78, 5) is 3.97. The molecule has 1 saturated heterocycles. The van der Waals surface area contributed by atoms with Gasteiger partial charge in [-0.25, -0.2) is 9.67 Å². The molecule has 1 fully saturated rings. The molecule has 3 rings (SSSR count). The zero-order chi connectivity index (χ0) is 15.6. The number of hydrogen-bond acceptors (Lipinski definition) is 4. The van der Waals surface area contributed by atoms with Crippen LogP contribution in [0, 0.1) is 0 Å². The number of benzene rings is 1. The van der Waals surface area contributed by atoms with Gasteiger partial charge in [0.15, 0.2) is 0 Å². The van der Waals surface area contributed by atoms with Crippen molar-refractivity contribution in [1.29, 1.82) is 0 Å². The van der Waals surface area contributed by atoms with Crippen LogP contribution in [0.15, 0.2) is 30.9 Å². The molecule has 0 radical (unpaired) electrons. The molecular formula is C15H18Cl3N3O2. The van der Waals surface area contributed by atoms with Crippen LogP contribution in [0.2, 0.25) is 10.0 Å². The smallest absolute Gasteiger partial charge is 0.217 e. The van der Waals surface area contributed by atoms with Crippen molar-refractivity contribution in [2.45, 2.75) is 38.2 Å². The molecule has 2 aromatic rings. The minimum Gasteiger partial charge on any atom is -0.342 e. The maximum Gasteiger partial charge on any atom is 0.217 e. The number of aromatic nitrogens is 3. The number of halogens is 3. The predicted octanol–water partition coefficient (Wildman–Crippen LogP) is 4.08. The summed E-state index contributed by atoms with van der Waals surface area (Å²) in [7, 11) is 0. The summed E-state index contributed by atoms with van der Waals surface area (Å²) in [6, 6.07) is 5.32. The largest absolute Gasteiger partial charge is 0.342 e. The minimum absolute atomic E-state index is 0. The van der Waals surface area contributed by atoms with Gasteiger partial charge in [0.25, 0.3) is 0 Å². The van der Waals surface area contributed by atoms with E-state index in [4.69, 9.17) is 32.7 Å². The van der Waals surface area contributed by atoms with Gasteiger partial charge in [-0.15, -0.1) is 12.4 Å².